The molecule has 0 spiro atoms. The first kappa shape index (κ1) is 89.1. The van der Waals surface area contributed by atoms with Crippen molar-refractivity contribution in [3.05, 3.63) is 0 Å². The number of aliphatic hydroxyl groups excluding tert-OH is 1. The summed E-state index contributed by atoms with van der Waals surface area (Å²) >= 11 is 0. The first-order chi connectivity index (χ1) is 43.6. The van der Waals surface area contributed by atoms with Crippen LogP contribution in [0.15, 0.2) is 0 Å². The normalized spacial score (nSPS) is 14.2. The van der Waals surface area contributed by atoms with E-state index in [1.165, 1.54) is 154 Å². The van der Waals surface area contributed by atoms with Gasteiger partial charge in [-0.15, -0.1) is 0 Å². The molecule has 19 heteroatoms. The average Bonchev–Trinajstić information content (AvgIpc) is 3.63. The smallest absolute Gasteiger partial charge is 0.462 e. The summed E-state index contributed by atoms with van der Waals surface area (Å²) in [5.74, 6) is 0.860. The molecule has 0 rings (SSSR count). The van der Waals surface area contributed by atoms with Gasteiger partial charge in [0.25, 0.3) is 0 Å². The summed E-state index contributed by atoms with van der Waals surface area (Å²) < 4.78 is 68.4. The van der Waals surface area contributed by atoms with Gasteiger partial charge in [-0.25, -0.2) is 9.13 Å². The molecule has 0 aromatic rings. The van der Waals surface area contributed by atoms with E-state index < -0.39 is 97.5 Å². The Bertz CT molecular complexity index is 1800. The molecule has 0 saturated carbocycles. The van der Waals surface area contributed by atoms with Crippen LogP contribution in [-0.4, -0.2) is 96.7 Å². The first-order valence-corrected chi connectivity index (χ1v) is 40.2. The van der Waals surface area contributed by atoms with Crippen LogP contribution in [0.3, 0.4) is 0 Å². The predicted molar refractivity (Wildman–Crippen MR) is 367 cm³/mol. The molecule has 0 amide bonds. The molecule has 0 heterocycles. The van der Waals surface area contributed by atoms with Crippen LogP contribution in [0.1, 0.15) is 357 Å². The number of unbranched alkanes of at least 4 members (excludes halogenated alkanes) is 35. The number of hydrogen-bond acceptors (Lipinski definition) is 15. The van der Waals surface area contributed by atoms with E-state index in [4.69, 9.17) is 37.0 Å². The van der Waals surface area contributed by atoms with Crippen molar-refractivity contribution in [1.29, 1.82) is 0 Å². The SMILES string of the molecule is CC(C)CCCCCCCCCCCCCCCC(=O)O[C@H](COC(=O)CCCCCCCCCC(C)C)COP(=O)(O)OCC(O)COP(=O)(O)OC[C@@H](COC(=O)CCCCCCCCCCCC(C)C)OC(=O)CCCCCCCCCCCCC(C)C. The zero-order valence-electron chi connectivity index (χ0n) is 59.5. The van der Waals surface area contributed by atoms with E-state index in [0.717, 1.165) is 114 Å². The minimum absolute atomic E-state index is 0.105. The van der Waals surface area contributed by atoms with Gasteiger partial charge in [0.1, 0.15) is 19.3 Å². The number of aliphatic hydroxyl groups is 1. The quantitative estimate of drug-likeness (QED) is 0.0222. The molecule has 5 atom stereocenters. The van der Waals surface area contributed by atoms with Crippen molar-refractivity contribution in [3.8, 4) is 0 Å². The Kier molecular flexibility index (Phi) is 60.3. The highest BCUT2D eigenvalue weighted by Gasteiger charge is 2.30. The highest BCUT2D eigenvalue weighted by atomic mass is 31.2. The van der Waals surface area contributed by atoms with E-state index >= 15 is 0 Å². The minimum Gasteiger partial charge on any atom is -0.462 e. The summed E-state index contributed by atoms with van der Waals surface area (Å²) in [6, 6.07) is 0. The summed E-state index contributed by atoms with van der Waals surface area (Å²) in [5, 5.41) is 10.6. The average molecular weight is 1340 g/mol. The molecule has 17 nitrogen and oxygen atoms in total. The number of phosphoric acid groups is 2. The third-order valence-electron chi connectivity index (χ3n) is 16.6. The number of esters is 4. The van der Waals surface area contributed by atoms with Crippen molar-refractivity contribution in [2.24, 2.45) is 23.7 Å². The zero-order chi connectivity index (χ0) is 67.5. The molecule has 91 heavy (non-hydrogen) atoms. The maximum Gasteiger partial charge on any atom is 0.472 e. The summed E-state index contributed by atoms with van der Waals surface area (Å²) in [6.07, 6.45) is 44.5. The van der Waals surface area contributed by atoms with E-state index in [2.05, 4.69) is 55.4 Å². The van der Waals surface area contributed by atoms with Crippen molar-refractivity contribution < 1.29 is 80.2 Å². The third kappa shape index (κ3) is 66.5. The highest BCUT2D eigenvalue weighted by Crippen LogP contribution is 2.45. The molecular formula is C72H140O17P2. The Morgan fingerprint density at radius 3 is 0.681 bits per heavy atom. The molecule has 0 aromatic carbocycles. The molecule has 0 aromatic heterocycles. The molecule has 3 unspecified atom stereocenters. The van der Waals surface area contributed by atoms with Crippen molar-refractivity contribution in [2.45, 2.75) is 375 Å². The fourth-order valence-electron chi connectivity index (χ4n) is 10.8. The van der Waals surface area contributed by atoms with Gasteiger partial charge in [-0.1, -0.05) is 306 Å². The fourth-order valence-corrected chi connectivity index (χ4v) is 12.4. The molecule has 0 bridgehead atoms. The van der Waals surface area contributed by atoms with Crippen LogP contribution in [0.2, 0.25) is 0 Å². The van der Waals surface area contributed by atoms with Crippen LogP contribution < -0.4 is 0 Å². The molecule has 0 saturated heterocycles. The van der Waals surface area contributed by atoms with Gasteiger partial charge < -0.3 is 33.8 Å². The Balaban J connectivity index is 5.25. The van der Waals surface area contributed by atoms with Crippen molar-refractivity contribution >= 4 is 39.5 Å². The Morgan fingerprint density at radius 2 is 0.462 bits per heavy atom. The number of carbonyl (C=O) groups is 4. The fraction of sp³-hybridized carbons (Fsp3) is 0.944. The summed E-state index contributed by atoms with van der Waals surface area (Å²) in [7, 11) is -9.91. The van der Waals surface area contributed by atoms with E-state index in [1.807, 2.05) is 0 Å². The van der Waals surface area contributed by atoms with Crippen LogP contribution in [0.5, 0.6) is 0 Å². The standard InChI is InChI=1S/C72H140O17P2/c1-62(2)48-40-32-24-17-12-10-9-11-13-20-29-38-46-54-71(76)89-68(59-83-70(75)53-45-37-31-23-27-35-43-51-65(7)8)61-87-91(80,81)85-57-66(73)56-84-90(78,79)86-60-67(58-82-69(74)52-44-36-28-22-16-19-26-34-42-50-64(5)6)88-72(77)55-47-39-30-21-15-14-18-25-33-41-49-63(3)4/h62-68,73H,9-61H2,1-8H3,(H,78,79)(H,80,81)/t66?,67-,68-/m1/s1. The molecule has 0 aliphatic rings. The van der Waals surface area contributed by atoms with E-state index in [0.29, 0.717) is 31.6 Å². The number of ether oxygens (including phenoxy) is 4. The first-order valence-electron chi connectivity index (χ1n) is 37.2. The summed E-state index contributed by atoms with van der Waals surface area (Å²) in [5.41, 5.74) is 0. The Labute approximate surface area is 556 Å². The molecular weight excluding hydrogens is 1200 g/mol. The third-order valence-corrected chi connectivity index (χ3v) is 18.5. The topological polar surface area (TPSA) is 237 Å². The minimum atomic E-state index is -4.95. The lowest BCUT2D eigenvalue weighted by Crippen LogP contribution is -2.30. The number of hydrogen-bond donors (Lipinski definition) is 3. The Hall–Kier alpha value is -1.94. The monoisotopic (exact) mass is 1340 g/mol. The van der Waals surface area contributed by atoms with Gasteiger partial charge in [0.15, 0.2) is 12.2 Å². The van der Waals surface area contributed by atoms with Gasteiger partial charge in [0.2, 0.25) is 0 Å². The molecule has 0 aliphatic carbocycles. The number of phosphoric ester groups is 2. The number of rotatable bonds is 69. The number of carbonyl (C=O) groups excluding carboxylic acids is 4. The zero-order valence-corrected chi connectivity index (χ0v) is 61.3. The van der Waals surface area contributed by atoms with Gasteiger partial charge in [-0.05, 0) is 49.4 Å². The summed E-state index contributed by atoms with van der Waals surface area (Å²) in [6.45, 7) is 14.1. The lowest BCUT2D eigenvalue weighted by Gasteiger charge is -2.21. The van der Waals surface area contributed by atoms with Gasteiger partial charge in [-0.2, -0.15) is 0 Å². The molecule has 0 fully saturated rings. The van der Waals surface area contributed by atoms with Crippen LogP contribution in [-0.2, 0) is 65.4 Å². The van der Waals surface area contributed by atoms with Crippen molar-refractivity contribution in [2.75, 3.05) is 39.6 Å². The van der Waals surface area contributed by atoms with Crippen LogP contribution in [0, 0.1) is 23.7 Å². The molecule has 0 aliphatic heterocycles. The predicted octanol–water partition coefficient (Wildman–Crippen LogP) is 20.5. The molecule has 540 valence electrons. The van der Waals surface area contributed by atoms with Gasteiger partial charge in [-0.3, -0.25) is 37.3 Å². The Morgan fingerprint density at radius 1 is 0.275 bits per heavy atom. The largest absolute Gasteiger partial charge is 0.472 e. The molecule has 3 N–H and O–H groups in total. The van der Waals surface area contributed by atoms with Gasteiger partial charge in [0.05, 0.1) is 26.4 Å². The summed E-state index contributed by atoms with van der Waals surface area (Å²) in [4.78, 5) is 72.6. The van der Waals surface area contributed by atoms with E-state index in [-0.39, 0.29) is 25.7 Å². The lowest BCUT2D eigenvalue weighted by atomic mass is 10.0. The van der Waals surface area contributed by atoms with Crippen molar-refractivity contribution in [1.82, 2.24) is 0 Å². The second-order valence-electron chi connectivity index (χ2n) is 27.9. The highest BCUT2D eigenvalue weighted by molar-refractivity contribution is 7.47. The second-order valence-corrected chi connectivity index (χ2v) is 30.8. The second kappa shape index (κ2) is 61.6. The van der Waals surface area contributed by atoms with Crippen molar-refractivity contribution in [3.63, 3.8) is 0 Å². The van der Waals surface area contributed by atoms with E-state index in [1.54, 1.807) is 0 Å². The lowest BCUT2D eigenvalue weighted by molar-refractivity contribution is -0.161. The maximum absolute atomic E-state index is 13.0. The van der Waals surface area contributed by atoms with E-state index in [9.17, 15) is 43.2 Å². The molecule has 0 radical (unpaired) electrons. The van der Waals surface area contributed by atoms with Crippen LogP contribution in [0.4, 0.5) is 0 Å². The maximum atomic E-state index is 13.0. The van der Waals surface area contributed by atoms with Crippen LogP contribution >= 0.6 is 15.6 Å². The van der Waals surface area contributed by atoms with Crippen LogP contribution in [0.25, 0.3) is 0 Å². The van der Waals surface area contributed by atoms with Gasteiger partial charge >= 0.3 is 39.5 Å². The van der Waals surface area contributed by atoms with Gasteiger partial charge in [0, 0.05) is 25.7 Å².